The Balaban J connectivity index is 1.49. The number of halogens is 2. The molecule has 0 unspecified atom stereocenters. The predicted molar refractivity (Wildman–Crippen MR) is 175 cm³/mol. The Hall–Kier alpha value is -4.48. The molecule has 12 heteroatoms. The lowest BCUT2D eigenvalue weighted by Crippen LogP contribution is -2.57. The predicted octanol–water partition coefficient (Wildman–Crippen LogP) is 4.76. The average Bonchev–Trinajstić information content (AvgIpc) is 3.67. The van der Waals surface area contributed by atoms with Crippen LogP contribution in [0.2, 0.25) is 0 Å². The average molecular weight is 654 g/mol. The van der Waals surface area contributed by atoms with Crippen molar-refractivity contribution in [3.8, 4) is 0 Å². The Bertz CT molecular complexity index is 1510. The third kappa shape index (κ3) is 9.52. The molecule has 10 nitrogen and oxygen atoms in total. The summed E-state index contributed by atoms with van der Waals surface area (Å²) in [5.41, 5.74) is 2.82. The lowest BCUT2D eigenvalue weighted by Gasteiger charge is -2.31. The van der Waals surface area contributed by atoms with Gasteiger partial charge in [-0.15, -0.1) is 0 Å². The minimum absolute atomic E-state index is 0.0964. The Morgan fingerprint density at radius 3 is 2.36 bits per heavy atom. The van der Waals surface area contributed by atoms with E-state index in [4.69, 9.17) is 4.74 Å². The van der Waals surface area contributed by atoms with Crippen LogP contribution in [-0.2, 0) is 25.5 Å². The highest BCUT2D eigenvalue weighted by Gasteiger charge is 2.44. The summed E-state index contributed by atoms with van der Waals surface area (Å²) in [6, 6.07) is 13.5. The SMILES string of the molecule is CC(C)COC(=O)N[C@H](C(=O)N1C[C@H](c2ccccc2)C[C@H]1C(=O)N[C@@H](CC(F)F)C(=O)NCCc1c[nH]c2ccccc12)C(C)C. The van der Waals surface area contributed by atoms with E-state index in [0.717, 1.165) is 22.0 Å². The van der Waals surface area contributed by atoms with Crippen molar-refractivity contribution < 1.29 is 32.7 Å². The number of amides is 4. The number of aromatic nitrogens is 1. The van der Waals surface area contributed by atoms with Crippen LogP contribution >= 0.6 is 0 Å². The molecule has 1 fully saturated rings. The number of hydrogen-bond acceptors (Lipinski definition) is 5. The summed E-state index contributed by atoms with van der Waals surface area (Å²) in [5.74, 6) is -2.41. The third-order valence-electron chi connectivity index (χ3n) is 8.33. The summed E-state index contributed by atoms with van der Waals surface area (Å²) in [6.07, 6.45) is -1.97. The molecule has 4 amide bonds. The van der Waals surface area contributed by atoms with Crippen molar-refractivity contribution in [2.75, 3.05) is 19.7 Å². The third-order valence-corrected chi connectivity index (χ3v) is 8.33. The minimum atomic E-state index is -2.86. The van der Waals surface area contributed by atoms with E-state index in [-0.39, 0.29) is 43.9 Å². The van der Waals surface area contributed by atoms with Gasteiger partial charge >= 0.3 is 6.09 Å². The lowest BCUT2D eigenvalue weighted by molar-refractivity contribution is -0.141. The molecule has 0 aliphatic carbocycles. The first-order valence-corrected chi connectivity index (χ1v) is 16.1. The molecule has 2 aromatic carbocycles. The van der Waals surface area contributed by atoms with Crippen LogP contribution in [0.5, 0.6) is 0 Å². The smallest absolute Gasteiger partial charge is 0.407 e. The number of H-pyrrole nitrogens is 1. The highest BCUT2D eigenvalue weighted by atomic mass is 19.3. The molecule has 47 heavy (non-hydrogen) atoms. The summed E-state index contributed by atoms with van der Waals surface area (Å²) in [7, 11) is 0. The van der Waals surface area contributed by atoms with Gasteiger partial charge in [-0.2, -0.15) is 0 Å². The van der Waals surface area contributed by atoms with E-state index >= 15 is 0 Å². The number of aromatic amines is 1. The summed E-state index contributed by atoms with van der Waals surface area (Å²) in [5, 5.41) is 8.85. The zero-order valence-electron chi connectivity index (χ0n) is 27.3. The number of alkyl halides is 2. The number of alkyl carbamates (subject to hydrolysis) is 1. The number of carbonyl (C=O) groups excluding carboxylic acids is 4. The number of fused-ring (bicyclic) bond motifs is 1. The van der Waals surface area contributed by atoms with Gasteiger partial charge in [0, 0.05) is 42.5 Å². The molecular formula is C35H45F2N5O5. The molecule has 3 aromatic rings. The number of carbonyl (C=O) groups is 4. The second-order valence-corrected chi connectivity index (χ2v) is 12.8. The van der Waals surface area contributed by atoms with Crippen LogP contribution in [0.3, 0.4) is 0 Å². The van der Waals surface area contributed by atoms with Gasteiger partial charge in [0.25, 0.3) is 0 Å². The van der Waals surface area contributed by atoms with Crippen LogP contribution in [0.25, 0.3) is 10.9 Å². The fraction of sp³-hybridized carbons (Fsp3) is 0.486. The van der Waals surface area contributed by atoms with Gasteiger partial charge in [0.1, 0.15) is 18.1 Å². The van der Waals surface area contributed by atoms with Crippen LogP contribution in [0.15, 0.2) is 60.8 Å². The van der Waals surface area contributed by atoms with Crippen molar-refractivity contribution in [1.29, 1.82) is 0 Å². The quantitative estimate of drug-likeness (QED) is 0.199. The van der Waals surface area contributed by atoms with E-state index in [9.17, 15) is 28.0 Å². The maximum absolute atomic E-state index is 14.0. The molecule has 1 aromatic heterocycles. The van der Waals surface area contributed by atoms with Gasteiger partial charge in [0.2, 0.25) is 24.1 Å². The molecule has 0 spiro atoms. The van der Waals surface area contributed by atoms with Crippen molar-refractivity contribution >= 4 is 34.7 Å². The van der Waals surface area contributed by atoms with Crippen molar-refractivity contribution in [2.24, 2.45) is 11.8 Å². The topological polar surface area (TPSA) is 133 Å². The maximum Gasteiger partial charge on any atom is 0.407 e. The van der Waals surface area contributed by atoms with E-state index in [1.54, 1.807) is 13.8 Å². The van der Waals surface area contributed by atoms with Gasteiger partial charge in [0.05, 0.1) is 6.61 Å². The van der Waals surface area contributed by atoms with Gasteiger partial charge < -0.3 is 30.6 Å². The molecule has 1 saturated heterocycles. The van der Waals surface area contributed by atoms with Crippen LogP contribution in [0, 0.1) is 11.8 Å². The van der Waals surface area contributed by atoms with Crippen LogP contribution < -0.4 is 16.0 Å². The highest BCUT2D eigenvalue weighted by Crippen LogP contribution is 2.33. The zero-order valence-corrected chi connectivity index (χ0v) is 27.3. The van der Waals surface area contributed by atoms with Crippen LogP contribution in [0.1, 0.15) is 57.6 Å². The van der Waals surface area contributed by atoms with Gasteiger partial charge in [-0.3, -0.25) is 14.4 Å². The molecule has 4 rings (SSSR count). The van der Waals surface area contributed by atoms with Gasteiger partial charge in [-0.05, 0) is 41.9 Å². The monoisotopic (exact) mass is 653 g/mol. The molecular weight excluding hydrogens is 608 g/mol. The first kappa shape index (κ1) is 35.4. The van der Waals surface area contributed by atoms with E-state index in [1.807, 2.05) is 74.6 Å². The van der Waals surface area contributed by atoms with Crippen molar-refractivity contribution in [3.05, 3.63) is 71.9 Å². The summed E-state index contributed by atoms with van der Waals surface area (Å²) in [4.78, 5) is 58.0. The summed E-state index contributed by atoms with van der Waals surface area (Å²) < 4.78 is 32.6. The van der Waals surface area contributed by atoms with E-state index in [2.05, 4.69) is 20.9 Å². The van der Waals surface area contributed by atoms with Crippen molar-refractivity contribution in [3.63, 3.8) is 0 Å². The molecule has 0 bridgehead atoms. The van der Waals surface area contributed by atoms with Gasteiger partial charge in [-0.1, -0.05) is 76.2 Å². The number of likely N-dealkylation sites (tertiary alicyclic amines) is 1. The summed E-state index contributed by atoms with van der Waals surface area (Å²) in [6.45, 7) is 7.83. The molecule has 1 aliphatic heterocycles. The van der Waals surface area contributed by atoms with E-state index < -0.39 is 54.8 Å². The highest BCUT2D eigenvalue weighted by molar-refractivity contribution is 5.94. The Labute approximate surface area is 274 Å². The molecule has 254 valence electrons. The number of ether oxygens (including phenoxy) is 1. The zero-order chi connectivity index (χ0) is 34.1. The largest absolute Gasteiger partial charge is 0.449 e. The van der Waals surface area contributed by atoms with Gasteiger partial charge in [-0.25, -0.2) is 13.6 Å². The number of rotatable bonds is 14. The number of para-hydroxylation sites is 1. The normalized spacial score (nSPS) is 17.6. The van der Waals surface area contributed by atoms with Gasteiger partial charge in [0.15, 0.2) is 0 Å². The van der Waals surface area contributed by atoms with Crippen LogP contribution in [0.4, 0.5) is 13.6 Å². The van der Waals surface area contributed by atoms with E-state index in [1.165, 1.54) is 4.90 Å². The second-order valence-electron chi connectivity index (χ2n) is 12.8. The molecule has 1 aliphatic rings. The Kier molecular flexibility index (Phi) is 12.3. The van der Waals surface area contributed by atoms with Crippen molar-refractivity contribution in [2.45, 2.75) is 77.4 Å². The lowest BCUT2D eigenvalue weighted by atomic mass is 9.96. The van der Waals surface area contributed by atoms with Crippen molar-refractivity contribution in [1.82, 2.24) is 25.8 Å². The standard InChI is InChI=1S/C35H45F2N5O5/c1-21(2)20-47-35(46)41-31(22(3)4)34(45)42-19-25(23-10-6-5-7-11-23)16-29(42)33(44)40-28(17-30(36)37)32(43)38-15-14-24-18-39-27-13-9-8-12-26(24)27/h5-13,18,21-22,25,28-31,39H,14-17,19-20H2,1-4H3,(H,38,43)(H,40,44)(H,41,46)/t25-,28+,29+,31+/m1/s1. The van der Waals surface area contributed by atoms with Crippen LogP contribution in [-0.4, -0.2) is 77.9 Å². The molecule has 2 heterocycles. The Morgan fingerprint density at radius 2 is 1.68 bits per heavy atom. The first-order chi connectivity index (χ1) is 22.4. The number of nitrogens with zero attached hydrogens (tertiary/aromatic N) is 1. The number of nitrogens with one attached hydrogen (secondary N) is 4. The minimum Gasteiger partial charge on any atom is -0.449 e. The fourth-order valence-electron chi connectivity index (χ4n) is 5.86. The number of benzene rings is 2. The second kappa shape index (κ2) is 16.4. The molecule has 0 radical (unpaired) electrons. The molecule has 0 saturated carbocycles. The molecule has 4 atom stereocenters. The number of hydrogen-bond donors (Lipinski definition) is 4. The van der Waals surface area contributed by atoms with E-state index in [0.29, 0.717) is 6.42 Å². The maximum atomic E-state index is 14.0. The Morgan fingerprint density at radius 1 is 0.979 bits per heavy atom. The summed E-state index contributed by atoms with van der Waals surface area (Å²) >= 11 is 0. The molecule has 4 N–H and O–H groups in total. The first-order valence-electron chi connectivity index (χ1n) is 16.1. The fourth-order valence-corrected chi connectivity index (χ4v) is 5.86.